The summed E-state index contributed by atoms with van der Waals surface area (Å²) in [5, 5.41) is 13.0. The van der Waals surface area contributed by atoms with Crippen molar-refractivity contribution < 1.29 is 4.42 Å². The average molecular weight is 684 g/mol. The van der Waals surface area contributed by atoms with Gasteiger partial charge in [0, 0.05) is 42.1 Å². The number of thiophene rings is 1. The third-order valence-electron chi connectivity index (χ3n) is 10.3. The number of fused-ring (bicyclic) bond motifs is 8. The second-order valence-corrected chi connectivity index (χ2v) is 14.5. The Labute approximate surface area is 303 Å². The molecule has 10 aromatic rings. The third-order valence-corrected chi connectivity index (χ3v) is 11.4. The van der Waals surface area contributed by atoms with Crippen LogP contribution in [0, 0.1) is 0 Å². The molecule has 0 radical (unpaired) electrons. The molecule has 0 saturated heterocycles. The van der Waals surface area contributed by atoms with E-state index >= 15 is 0 Å². The Kier molecular flexibility index (Phi) is 6.45. The third kappa shape index (κ3) is 4.74. The van der Waals surface area contributed by atoms with E-state index in [1.54, 1.807) is 0 Å². The van der Waals surface area contributed by atoms with Crippen LogP contribution in [0.1, 0.15) is 22.9 Å². The molecule has 5 heteroatoms. The van der Waals surface area contributed by atoms with Crippen molar-refractivity contribution in [3.8, 4) is 11.1 Å². The number of hydrogen-bond acceptors (Lipinski definition) is 5. The standard InChI is InChI=1S/C47H29N3OS/c1-3-11-30-23-33(19-17-28(30)9-1)45-48-46(34-20-18-29-10-2-4-12-31(29)24-34)50-47(49-45)39-26-35(27-41-44(39)37-14-5-7-15-40(37)51-41)32-21-22-43-38(25-32)36-13-6-8-16-42(36)52-43/h1-27,45H,(H,48,49,50). The molecule has 1 atom stereocenters. The minimum atomic E-state index is -0.357. The zero-order valence-corrected chi connectivity index (χ0v) is 28.7. The molecule has 8 aromatic carbocycles. The fourth-order valence-electron chi connectivity index (χ4n) is 7.70. The molecular weight excluding hydrogens is 655 g/mol. The normalized spacial score (nSPS) is 14.7. The maximum absolute atomic E-state index is 6.59. The zero-order chi connectivity index (χ0) is 34.2. The van der Waals surface area contributed by atoms with Crippen LogP contribution in [0.4, 0.5) is 0 Å². The van der Waals surface area contributed by atoms with E-state index in [-0.39, 0.29) is 6.17 Å². The van der Waals surface area contributed by atoms with E-state index < -0.39 is 0 Å². The molecule has 52 heavy (non-hydrogen) atoms. The summed E-state index contributed by atoms with van der Waals surface area (Å²) in [6, 6.07) is 58.1. The number of benzene rings is 8. The second kappa shape index (κ2) is 11.5. The van der Waals surface area contributed by atoms with Crippen LogP contribution in [0.15, 0.2) is 178 Å². The van der Waals surface area contributed by atoms with E-state index in [0.717, 1.165) is 61.0 Å². The van der Waals surface area contributed by atoms with Crippen LogP contribution in [0.3, 0.4) is 0 Å². The SMILES string of the molecule is c1ccc2cc(C3=NC(c4cc(-c5ccc6sc7ccccc7c6c5)cc5oc6ccccc6c45)=NC(c4ccc5ccccc5c4)N3)ccc2c1. The van der Waals surface area contributed by atoms with Gasteiger partial charge in [0.15, 0.2) is 5.84 Å². The summed E-state index contributed by atoms with van der Waals surface area (Å²) in [7, 11) is 0. The smallest absolute Gasteiger partial charge is 0.160 e. The Bertz CT molecular complexity index is 3130. The van der Waals surface area contributed by atoms with E-state index in [0.29, 0.717) is 5.84 Å². The zero-order valence-electron chi connectivity index (χ0n) is 27.9. The van der Waals surface area contributed by atoms with Gasteiger partial charge in [0.05, 0.1) is 0 Å². The molecule has 0 fully saturated rings. The van der Waals surface area contributed by atoms with Gasteiger partial charge in [-0.2, -0.15) is 0 Å². The molecule has 1 aliphatic rings. The molecule has 0 spiro atoms. The topological polar surface area (TPSA) is 49.9 Å². The number of furan rings is 1. The molecule has 11 rings (SSSR count). The Balaban J connectivity index is 1.15. The molecule has 4 nitrogen and oxygen atoms in total. The molecule has 0 aliphatic carbocycles. The Morgan fingerprint density at radius 3 is 2.06 bits per heavy atom. The van der Waals surface area contributed by atoms with Crippen molar-refractivity contribution in [2.24, 2.45) is 9.98 Å². The first-order chi connectivity index (χ1) is 25.7. The van der Waals surface area contributed by atoms with Crippen molar-refractivity contribution in [1.82, 2.24) is 5.32 Å². The van der Waals surface area contributed by atoms with Gasteiger partial charge in [-0.25, -0.2) is 9.98 Å². The molecule has 0 saturated carbocycles. The highest BCUT2D eigenvalue weighted by molar-refractivity contribution is 7.25. The minimum absolute atomic E-state index is 0.357. The van der Waals surface area contributed by atoms with Crippen LogP contribution in [-0.4, -0.2) is 11.7 Å². The predicted octanol–water partition coefficient (Wildman–Crippen LogP) is 12.4. The summed E-state index contributed by atoms with van der Waals surface area (Å²) in [4.78, 5) is 10.7. The first-order valence-electron chi connectivity index (χ1n) is 17.5. The van der Waals surface area contributed by atoms with Crippen molar-refractivity contribution >= 4 is 86.7 Å². The largest absolute Gasteiger partial charge is 0.456 e. The number of rotatable bonds is 4. The quantitative estimate of drug-likeness (QED) is 0.201. The highest BCUT2D eigenvalue weighted by Gasteiger charge is 2.25. The summed E-state index contributed by atoms with van der Waals surface area (Å²) in [6.07, 6.45) is -0.357. The Morgan fingerprint density at radius 2 is 1.19 bits per heavy atom. The van der Waals surface area contributed by atoms with Crippen LogP contribution < -0.4 is 5.32 Å². The van der Waals surface area contributed by atoms with Crippen molar-refractivity contribution in [3.63, 3.8) is 0 Å². The average Bonchev–Trinajstić information content (AvgIpc) is 3.78. The van der Waals surface area contributed by atoms with Crippen LogP contribution in [0.25, 0.3) is 74.8 Å². The predicted molar refractivity (Wildman–Crippen MR) is 219 cm³/mol. The minimum Gasteiger partial charge on any atom is -0.456 e. The van der Waals surface area contributed by atoms with Crippen molar-refractivity contribution in [2.45, 2.75) is 6.17 Å². The highest BCUT2D eigenvalue weighted by atomic mass is 32.1. The van der Waals surface area contributed by atoms with Crippen LogP contribution in [0.5, 0.6) is 0 Å². The number of amidine groups is 2. The fraction of sp³-hybridized carbons (Fsp3) is 0.0213. The molecular formula is C47H29N3OS. The monoisotopic (exact) mass is 683 g/mol. The maximum Gasteiger partial charge on any atom is 0.160 e. The molecule has 1 N–H and O–H groups in total. The molecule has 0 amide bonds. The van der Waals surface area contributed by atoms with Gasteiger partial charge in [0.1, 0.15) is 23.2 Å². The summed E-state index contributed by atoms with van der Waals surface area (Å²) >= 11 is 1.83. The lowest BCUT2D eigenvalue weighted by molar-refractivity contribution is 0.668. The number of hydrogen-bond donors (Lipinski definition) is 1. The number of nitrogens with zero attached hydrogens (tertiary/aromatic N) is 2. The summed E-state index contributed by atoms with van der Waals surface area (Å²) in [5.74, 6) is 1.45. The van der Waals surface area contributed by atoms with E-state index in [4.69, 9.17) is 14.4 Å². The van der Waals surface area contributed by atoms with Gasteiger partial charge in [0.25, 0.3) is 0 Å². The molecule has 1 aliphatic heterocycles. The van der Waals surface area contributed by atoms with Gasteiger partial charge >= 0.3 is 0 Å². The van der Waals surface area contributed by atoms with Gasteiger partial charge in [-0.1, -0.05) is 115 Å². The molecule has 0 bridgehead atoms. The van der Waals surface area contributed by atoms with Gasteiger partial charge in [-0.3, -0.25) is 0 Å². The number of nitrogens with one attached hydrogen (secondary N) is 1. The van der Waals surface area contributed by atoms with Gasteiger partial charge in [0.2, 0.25) is 0 Å². The molecule has 3 heterocycles. The second-order valence-electron chi connectivity index (χ2n) is 13.4. The maximum atomic E-state index is 6.59. The first-order valence-corrected chi connectivity index (χ1v) is 18.3. The number of para-hydroxylation sites is 1. The lowest BCUT2D eigenvalue weighted by Crippen LogP contribution is -2.33. The summed E-state index contributed by atoms with van der Waals surface area (Å²) in [6.45, 7) is 0. The number of aliphatic imine (C=N–C) groups is 2. The van der Waals surface area contributed by atoms with Crippen molar-refractivity contribution in [1.29, 1.82) is 0 Å². The van der Waals surface area contributed by atoms with Crippen LogP contribution in [-0.2, 0) is 0 Å². The first kappa shape index (κ1) is 29.2. The highest BCUT2D eigenvalue weighted by Crippen LogP contribution is 2.40. The van der Waals surface area contributed by atoms with E-state index in [2.05, 4.69) is 157 Å². The Hall–Kier alpha value is -6.56. The van der Waals surface area contributed by atoms with Gasteiger partial charge in [-0.15, -0.1) is 11.3 Å². The van der Waals surface area contributed by atoms with Crippen molar-refractivity contribution in [3.05, 3.63) is 180 Å². The van der Waals surface area contributed by atoms with E-state index in [1.165, 1.54) is 36.3 Å². The van der Waals surface area contributed by atoms with Gasteiger partial charge < -0.3 is 9.73 Å². The van der Waals surface area contributed by atoms with E-state index in [1.807, 2.05) is 23.5 Å². The lowest BCUT2D eigenvalue weighted by Gasteiger charge is -2.24. The van der Waals surface area contributed by atoms with Crippen LogP contribution in [0.2, 0.25) is 0 Å². The van der Waals surface area contributed by atoms with Crippen LogP contribution >= 0.6 is 11.3 Å². The lowest BCUT2D eigenvalue weighted by atomic mass is 9.96. The summed E-state index contributed by atoms with van der Waals surface area (Å²) < 4.78 is 9.16. The summed E-state index contributed by atoms with van der Waals surface area (Å²) in [5.41, 5.74) is 6.87. The molecule has 2 aromatic heterocycles. The molecule has 1 unspecified atom stereocenters. The molecule has 244 valence electrons. The fourth-order valence-corrected chi connectivity index (χ4v) is 8.79. The van der Waals surface area contributed by atoms with E-state index in [9.17, 15) is 0 Å². The van der Waals surface area contributed by atoms with Crippen molar-refractivity contribution in [2.75, 3.05) is 0 Å². The van der Waals surface area contributed by atoms with Gasteiger partial charge in [-0.05, 0) is 86.8 Å². The Morgan fingerprint density at radius 1 is 0.500 bits per heavy atom.